The van der Waals surface area contributed by atoms with Crippen molar-refractivity contribution in [3.63, 3.8) is 0 Å². The van der Waals surface area contributed by atoms with E-state index in [-0.39, 0.29) is 5.97 Å². The number of hydrogen-bond acceptors (Lipinski definition) is 3. The molecule has 3 heteroatoms. The lowest BCUT2D eigenvalue weighted by molar-refractivity contribution is 0.0313. The number of unbranched alkanes of at least 4 members (excludes halogenated alkanes) is 1. The summed E-state index contributed by atoms with van der Waals surface area (Å²) in [5.74, 6) is -0.267. The number of hydrogen-bond donors (Lipinski definition) is 0. The number of ether oxygens (including phenoxy) is 2. The third-order valence-corrected chi connectivity index (χ3v) is 2.80. The fourth-order valence-corrected chi connectivity index (χ4v) is 1.77. The number of carbonyl (C=O) groups excluding carboxylic acids is 1. The molecule has 3 nitrogen and oxygen atoms in total. The van der Waals surface area contributed by atoms with Crippen molar-refractivity contribution in [1.82, 2.24) is 0 Å². The van der Waals surface area contributed by atoms with Gasteiger partial charge in [0, 0.05) is 6.61 Å². The molecule has 0 aliphatic rings. The molecule has 1 aromatic carbocycles. The number of aryl methyl sites for hydroxylation is 1. The first kappa shape index (κ1) is 15.7. The van der Waals surface area contributed by atoms with E-state index in [2.05, 4.69) is 13.8 Å². The van der Waals surface area contributed by atoms with Crippen molar-refractivity contribution in [1.29, 1.82) is 0 Å². The maximum atomic E-state index is 11.8. The van der Waals surface area contributed by atoms with Crippen LogP contribution in [0.3, 0.4) is 0 Å². The molecule has 0 aromatic heterocycles. The van der Waals surface area contributed by atoms with Gasteiger partial charge in [0.25, 0.3) is 0 Å². The van der Waals surface area contributed by atoms with Crippen molar-refractivity contribution in [2.75, 3.05) is 19.8 Å². The van der Waals surface area contributed by atoms with Gasteiger partial charge >= 0.3 is 5.97 Å². The van der Waals surface area contributed by atoms with Crippen LogP contribution in [0.1, 0.15) is 49.0 Å². The average Bonchev–Trinajstić information content (AvgIpc) is 2.43. The zero-order chi connectivity index (χ0) is 13.9. The van der Waals surface area contributed by atoms with Crippen molar-refractivity contribution >= 4 is 5.97 Å². The van der Waals surface area contributed by atoms with Gasteiger partial charge in [-0.05, 0) is 30.5 Å². The summed E-state index contributed by atoms with van der Waals surface area (Å²) in [4.78, 5) is 11.8. The smallest absolute Gasteiger partial charge is 0.338 e. The van der Waals surface area contributed by atoms with Gasteiger partial charge in [-0.25, -0.2) is 4.79 Å². The van der Waals surface area contributed by atoms with Crippen LogP contribution in [0.5, 0.6) is 0 Å². The lowest BCUT2D eigenvalue weighted by Gasteiger charge is -2.07. The fraction of sp³-hybridized carbons (Fsp3) is 0.562. The summed E-state index contributed by atoms with van der Waals surface area (Å²) < 4.78 is 10.5. The van der Waals surface area contributed by atoms with Crippen LogP contribution < -0.4 is 0 Å². The highest BCUT2D eigenvalue weighted by Gasteiger charge is 2.07. The van der Waals surface area contributed by atoms with E-state index >= 15 is 0 Å². The Morgan fingerprint density at radius 2 is 1.95 bits per heavy atom. The van der Waals surface area contributed by atoms with E-state index < -0.39 is 0 Å². The molecule has 0 unspecified atom stereocenters. The van der Waals surface area contributed by atoms with Crippen LogP contribution in [0.15, 0.2) is 24.3 Å². The molecular formula is C16H24O3. The van der Waals surface area contributed by atoms with Crippen LogP contribution in [0.25, 0.3) is 0 Å². The topological polar surface area (TPSA) is 35.5 Å². The molecule has 0 radical (unpaired) electrons. The zero-order valence-electron chi connectivity index (χ0n) is 12.0. The number of rotatable bonds is 9. The van der Waals surface area contributed by atoms with Gasteiger partial charge < -0.3 is 9.47 Å². The van der Waals surface area contributed by atoms with E-state index in [1.807, 2.05) is 18.2 Å². The molecule has 0 heterocycles. The zero-order valence-corrected chi connectivity index (χ0v) is 12.0. The van der Waals surface area contributed by atoms with E-state index in [1.54, 1.807) is 6.07 Å². The summed E-state index contributed by atoms with van der Waals surface area (Å²) in [6.45, 7) is 5.77. The van der Waals surface area contributed by atoms with Gasteiger partial charge in [0.05, 0.1) is 12.2 Å². The van der Waals surface area contributed by atoms with Crippen LogP contribution in [-0.2, 0) is 15.9 Å². The Morgan fingerprint density at radius 1 is 1.11 bits per heavy atom. The molecule has 0 saturated carbocycles. The van der Waals surface area contributed by atoms with E-state index in [9.17, 15) is 4.79 Å². The highest BCUT2D eigenvalue weighted by atomic mass is 16.6. The predicted octanol–water partition coefficient (Wildman–Crippen LogP) is 3.61. The van der Waals surface area contributed by atoms with Gasteiger partial charge in [-0.3, -0.25) is 0 Å². The summed E-state index contributed by atoms with van der Waals surface area (Å²) in [6.07, 6.45) is 4.22. The molecule has 0 aliphatic carbocycles. The molecule has 0 spiro atoms. The molecule has 0 fully saturated rings. The third kappa shape index (κ3) is 6.39. The van der Waals surface area contributed by atoms with Crippen LogP contribution in [0.2, 0.25) is 0 Å². The van der Waals surface area contributed by atoms with Crippen LogP contribution >= 0.6 is 0 Å². The first-order valence-electron chi connectivity index (χ1n) is 7.11. The number of carbonyl (C=O) groups is 1. The minimum atomic E-state index is -0.267. The molecule has 0 N–H and O–H groups in total. The SMILES string of the molecule is CCCCOCCOC(=O)c1cccc(CCC)c1. The van der Waals surface area contributed by atoms with Crippen molar-refractivity contribution in [2.24, 2.45) is 0 Å². The normalized spacial score (nSPS) is 10.4. The Hall–Kier alpha value is -1.35. The van der Waals surface area contributed by atoms with Crippen molar-refractivity contribution in [2.45, 2.75) is 39.5 Å². The summed E-state index contributed by atoms with van der Waals surface area (Å²) >= 11 is 0. The monoisotopic (exact) mass is 264 g/mol. The second-order valence-electron chi connectivity index (χ2n) is 4.55. The van der Waals surface area contributed by atoms with Crippen molar-refractivity contribution in [3.05, 3.63) is 35.4 Å². The van der Waals surface area contributed by atoms with E-state index in [1.165, 1.54) is 5.56 Å². The van der Waals surface area contributed by atoms with Gasteiger partial charge in [-0.15, -0.1) is 0 Å². The molecule has 0 amide bonds. The predicted molar refractivity (Wildman–Crippen MR) is 76.4 cm³/mol. The van der Waals surface area contributed by atoms with Gasteiger partial charge in [-0.2, -0.15) is 0 Å². The summed E-state index contributed by atoms with van der Waals surface area (Å²) in [6, 6.07) is 7.64. The minimum absolute atomic E-state index is 0.267. The first-order chi connectivity index (χ1) is 9.27. The second-order valence-corrected chi connectivity index (χ2v) is 4.55. The van der Waals surface area contributed by atoms with Crippen molar-refractivity contribution < 1.29 is 14.3 Å². The Bertz CT molecular complexity index is 374. The Morgan fingerprint density at radius 3 is 2.68 bits per heavy atom. The Kier molecular flexibility index (Phi) is 7.91. The Balaban J connectivity index is 2.30. The lowest BCUT2D eigenvalue weighted by atomic mass is 10.1. The average molecular weight is 264 g/mol. The molecule has 106 valence electrons. The second kappa shape index (κ2) is 9.56. The molecule has 0 saturated heterocycles. The van der Waals surface area contributed by atoms with Crippen LogP contribution in [0, 0.1) is 0 Å². The molecule has 0 atom stereocenters. The van der Waals surface area contributed by atoms with Gasteiger partial charge in [0.1, 0.15) is 6.61 Å². The summed E-state index contributed by atoms with van der Waals surface area (Å²) in [7, 11) is 0. The minimum Gasteiger partial charge on any atom is -0.460 e. The maximum absolute atomic E-state index is 11.8. The lowest BCUT2D eigenvalue weighted by Crippen LogP contribution is -2.11. The molecule has 1 rings (SSSR count). The van der Waals surface area contributed by atoms with E-state index in [0.29, 0.717) is 18.8 Å². The standard InChI is InChI=1S/C16H24O3/c1-3-5-10-18-11-12-19-16(17)15-9-6-8-14(13-15)7-4-2/h6,8-9,13H,3-5,7,10-12H2,1-2H3. The van der Waals surface area contributed by atoms with Gasteiger partial charge in [0.15, 0.2) is 0 Å². The van der Waals surface area contributed by atoms with Crippen LogP contribution in [-0.4, -0.2) is 25.8 Å². The quantitative estimate of drug-likeness (QED) is 0.505. The molecule has 0 aliphatic heterocycles. The summed E-state index contributed by atoms with van der Waals surface area (Å²) in [5, 5.41) is 0. The molecule has 1 aromatic rings. The largest absolute Gasteiger partial charge is 0.460 e. The maximum Gasteiger partial charge on any atom is 0.338 e. The van der Waals surface area contributed by atoms with Crippen molar-refractivity contribution in [3.8, 4) is 0 Å². The van der Waals surface area contributed by atoms with Gasteiger partial charge in [-0.1, -0.05) is 38.8 Å². The van der Waals surface area contributed by atoms with Crippen LogP contribution in [0.4, 0.5) is 0 Å². The number of benzene rings is 1. The Labute approximate surface area is 115 Å². The van der Waals surface area contributed by atoms with E-state index in [0.717, 1.165) is 32.3 Å². The fourth-order valence-electron chi connectivity index (χ4n) is 1.77. The highest BCUT2D eigenvalue weighted by molar-refractivity contribution is 5.89. The third-order valence-electron chi connectivity index (χ3n) is 2.80. The highest BCUT2D eigenvalue weighted by Crippen LogP contribution is 2.08. The first-order valence-corrected chi connectivity index (χ1v) is 7.11. The molecular weight excluding hydrogens is 240 g/mol. The van der Waals surface area contributed by atoms with E-state index in [4.69, 9.17) is 9.47 Å². The van der Waals surface area contributed by atoms with Gasteiger partial charge in [0.2, 0.25) is 0 Å². The molecule has 0 bridgehead atoms. The summed E-state index contributed by atoms with van der Waals surface area (Å²) in [5.41, 5.74) is 1.80. The number of esters is 1. The molecule has 19 heavy (non-hydrogen) atoms.